The zero-order chi connectivity index (χ0) is 28.6. The number of nitrogens with one attached hydrogen (secondary N) is 5. The third kappa shape index (κ3) is 9.26. The number of likely N-dealkylation sites (tertiary alicyclic amines) is 1. The Morgan fingerprint density at radius 1 is 1.20 bits per heavy atom. The van der Waals surface area contributed by atoms with Crippen molar-refractivity contribution in [3.63, 3.8) is 0 Å². The maximum absolute atomic E-state index is 13.2. The molecule has 4 saturated heterocycles. The first-order valence-corrected chi connectivity index (χ1v) is 15.6. The lowest BCUT2D eigenvalue weighted by Gasteiger charge is -2.44. The summed E-state index contributed by atoms with van der Waals surface area (Å²) in [4.78, 5) is 17.7. The van der Waals surface area contributed by atoms with Crippen molar-refractivity contribution >= 4 is 5.91 Å². The van der Waals surface area contributed by atoms with Crippen LogP contribution in [0.2, 0.25) is 0 Å². The van der Waals surface area contributed by atoms with Gasteiger partial charge < -0.3 is 34.3 Å². The first kappa shape index (κ1) is 31.5. The van der Waals surface area contributed by atoms with Gasteiger partial charge in [0.05, 0.1) is 69.7 Å². The van der Waals surface area contributed by atoms with Gasteiger partial charge in [-0.15, -0.1) is 0 Å². The Morgan fingerprint density at radius 3 is 2.83 bits per heavy atom. The molecule has 0 spiro atoms. The standard InChI is InChI=1S/C28H53N7O6/c1-34(7-8-38-2)28-32-25(10-26(33-28)31-21-15-39-16-21)27(37)30-11-22(36)14-35-6-5-19-9-23(4-3-20(19)13-35)40-17-24-12-29-18-41-24/h19-26,28-29,31-33,36H,3-18H2,1-2H3,(H,30,37)/t19?,20?,22-,23?,24?,25?,26?,28?/m0/s1. The molecule has 5 fully saturated rings. The van der Waals surface area contributed by atoms with E-state index < -0.39 is 6.10 Å². The van der Waals surface area contributed by atoms with Crippen molar-refractivity contribution in [2.45, 2.75) is 75.0 Å². The Morgan fingerprint density at radius 2 is 2.07 bits per heavy atom. The molecule has 4 heterocycles. The van der Waals surface area contributed by atoms with Crippen LogP contribution in [-0.4, -0.2) is 150 Å². The zero-order valence-corrected chi connectivity index (χ0v) is 24.9. The van der Waals surface area contributed by atoms with E-state index in [1.807, 2.05) is 7.05 Å². The fourth-order valence-electron chi connectivity index (χ4n) is 6.81. The minimum Gasteiger partial charge on any atom is -0.390 e. The number of amides is 1. The van der Waals surface area contributed by atoms with Gasteiger partial charge in [-0.05, 0) is 51.1 Å². The van der Waals surface area contributed by atoms with E-state index in [0.29, 0.717) is 70.1 Å². The van der Waals surface area contributed by atoms with Gasteiger partial charge in [-0.1, -0.05) is 0 Å². The Bertz CT molecular complexity index is 804. The predicted molar refractivity (Wildman–Crippen MR) is 153 cm³/mol. The van der Waals surface area contributed by atoms with E-state index in [1.165, 1.54) is 6.42 Å². The average molecular weight is 584 g/mol. The summed E-state index contributed by atoms with van der Waals surface area (Å²) in [5.74, 6) is 1.27. The highest BCUT2D eigenvalue weighted by Gasteiger charge is 2.37. The van der Waals surface area contributed by atoms with Crippen molar-refractivity contribution < 1.29 is 28.8 Å². The number of ether oxygens (including phenoxy) is 4. The van der Waals surface area contributed by atoms with E-state index in [4.69, 9.17) is 18.9 Å². The number of piperidine rings is 1. The molecule has 1 aliphatic carbocycles. The average Bonchev–Trinajstić information content (AvgIpc) is 3.49. The lowest BCUT2D eigenvalue weighted by Crippen LogP contribution is -2.71. The van der Waals surface area contributed by atoms with Gasteiger partial charge >= 0.3 is 0 Å². The molecule has 0 aromatic heterocycles. The highest BCUT2D eigenvalue weighted by atomic mass is 16.5. The summed E-state index contributed by atoms with van der Waals surface area (Å²) < 4.78 is 22.3. The fraction of sp³-hybridized carbons (Fsp3) is 0.964. The van der Waals surface area contributed by atoms with Gasteiger partial charge in [0.2, 0.25) is 5.91 Å². The minimum atomic E-state index is -0.599. The lowest BCUT2D eigenvalue weighted by atomic mass is 9.74. The predicted octanol–water partition coefficient (Wildman–Crippen LogP) is -1.96. The van der Waals surface area contributed by atoms with Gasteiger partial charge in [0.1, 0.15) is 6.29 Å². The van der Waals surface area contributed by atoms with Gasteiger partial charge in [0.25, 0.3) is 0 Å². The fourth-order valence-corrected chi connectivity index (χ4v) is 6.81. The van der Waals surface area contributed by atoms with Crippen LogP contribution < -0.4 is 26.6 Å². The SMILES string of the molecule is COCCN(C)C1NC(NC2COC2)CC(C(=O)NC[C@H](O)CN2CCC3CC(OCC4CNCO4)CCC3C2)N1. The highest BCUT2D eigenvalue weighted by molar-refractivity contribution is 5.82. The largest absolute Gasteiger partial charge is 0.390 e. The Labute approximate surface area is 244 Å². The van der Waals surface area contributed by atoms with Crippen LogP contribution >= 0.6 is 0 Å². The van der Waals surface area contributed by atoms with E-state index >= 15 is 0 Å². The van der Waals surface area contributed by atoms with E-state index in [0.717, 1.165) is 45.4 Å². The molecule has 0 aromatic rings. The van der Waals surface area contributed by atoms with Crippen LogP contribution in [0.25, 0.3) is 0 Å². The van der Waals surface area contributed by atoms with Crippen LogP contribution in [0.4, 0.5) is 0 Å². The molecule has 5 aliphatic rings. The van der Waals surface area contributed by atoms with Crippen LogP contribution in [-0.2, 0) is 23.7 Å². The summed E-state index contributed by atoms with van der Waals surface area (Å²) in [6.07, 6.45) is 4.89. The molecule has 5 rings (SSSR count). The van der Waals surface area contributed by atoms with Gasteiger partial charge in [0.15, 0.2) is 0 Å². The van der Waals surface area contributed by atoms with Gasteiger partial charge in [-0.25, -0.2) is 0 Å². The normalized spacial score (nSPS) is 35.7. The van der Waals surface area contributed by atoms with E-state index in [-0.39, 0.29) is 37.1 Å². The molecule has 0 aromatic carbocycles. The third-order valence-corrected chi connectivity index (χ3v) is 9.36. The molecule has 13 nitrogen and oxygen atoms in total. The summed E-state index contributed by atoms with van der Waals surface area (Å²) in [6, 6.07) is -0.0709. The quantitative estimate of drug-likeness (QED) is 0.135. The zero-order valence-electron chi connectivity index (χ0n) is 24.9. The molecule has 13 heteroatoms. The summed E-state index contributed by atoms with van der Waals surface area (Å²) in [5.41, 5.74) is 0. The molecule has 41 heavy (non-hydrogen) atoms. The van der Waals surface area contributed by atoms with Crippen molar-refractivity contribution in [2.24, 2.45) is 11.8 Å². The second-order valence-electron chi connectivity index (χ2n) is 12.6. The first-order valence-electron chi connectivity index (χ1n) is 15.6. The van der Waals surface area contributed by atoms with Crippen LogP contribution in [0.3, 0.4) is 0 Å². The first-order chi connectivity index (χ1) is 20.0. The van der Waals surface area contributed by atoms with Crippen LogP contribution in [0, 0.1) is 11.8 Å². The molecular weight excluding hydrogens is 530 g/mol. The van der Waals surface area contributed by atoms with Crippen molar-refractivity contribution in [1.29, 1.82) is 0 Å². The number of nitrogens with zero attached hydrogens (tertiary/aromatic N) is 2. The molecular formula is C28H53N7O6. The maximum atomic E-state index is 13.2. The number of β-amino-alcohol motifs (C(OH)–C–C–N with tert-alkyl or cyclic N) is 1. The van der Waals surface area contributed by atoms with Gasteiger partial charge in [-0.2, -0.15) is 0 Å². The highest BCUT2D eigenvalue weighted by Crippen LogP contribution is 2.37. The summed E-state index contributed by atoms with van der Waals surface area (Å²) >= 11 is 0. The van der Waals surface area contributed by atoms with E-state index in [9.17, 15) is 9.90 Å². The number of carbonyl (C=O) groups is 1. The van der Waals surface area contributed by atoms with Crippen LogP contribution in [0.5, 0.6) is 0 Å². The monoisotopic (exact) mass is 583 g/mol. The summed E-state index contributed by atoms with van der Waals surface area (Å²) in [6.45, 7) is 7.75. The summed E-state index contributed by atoms with van der Waals surface area (Å²) in [7, 11) is 3.69. The number of likely N-dealkylation sites (N-methyl/N-ethyl adjacent to an activating group) is 1. The number of carbonyl (C=O) groups excluding carboxylic acids is 1. The number of hydrogen-bond acceptors (Lipinski definition) is 12. The maximum Gasteiger partial charge on any atom is 0.237 e. The number of aliphatic hydroxyl groups is 1. The summed E-state index contributed by atoms with van der Waals surface area (Å²) in [5, 5.41) is 27.6. The van der Waals surface area contributed by atoms with Crippen molar-refractivity contribution in [1.82, 2.24) is 36.4 Å². The van der Waals surface area contributed by atoms with E-state index in [2.05, 4.69) is 36.4 Å². The number of hydrogen-bond donors (Lipinski definition) is 6. The topological polar surface area (TPSA) is 141 Å². The van der Waals surface area contributed by atoms with Crippen molar-refractivity contribution in [2.75, 3.05) is 86.6 Å². The third-order valence-electron chi connectivity index (χ3n) is 9.36. The van der Waals surface area contributed by atoms with Crippen LogP contribution in [0.1, 0.15) is 32.1 Å². The Hall–Kier alpha value is -0.970. The Kier molecular flexibility index (Phi) is 12.0. The Balaban J connectivity index is 1.02. The second-order valence-corrected chi connectivity index (χ2v) is 12.6. The molecule has 4 aliphatic heterocycles. The second kappa shape index (κ2) is 15.7. The van der Waals surface area contributed by atoms with Crippen LogP contribution in [0.15, 0.2) is 0 Å². The van der Waals surface area contributed by atoms with Gasteiger partial charge in [0, 0.05) is 46.3 Å². The number of rotatable bonds is 14. The smallest absolute Gasteiger partial charge is 0.237 e. The van der Waals surface area contributed by atoms with Crippen molar-refractivity contribution in [3.05, 3.63) is 0 Å². The molecule has 8 atom stereocenters. The lowest BCUT2D eigenvalue weighted by molar-refractivity contribution is -0.126. The molecule has 7 unspecified atom stereocenters. The molecule has 1 amide bonds. The number of methoxy groups -OCH3 is 1. The van der Waals surface area contributed by atoms with Crippen molar-refractivity contribution in [3.8, 4) is 0 Å². The minimum absolute atomic E-state index is 0.0179. The number of aliphatic hydroxyl groups excluding tert-OH is 1. The molecule has 6 N–H and O–H groups in total. The van der Waals surface area contributed by atoms with Gasteiger partial charge in [-0.3, -0.25) is 31.0 Å². The molecule has 0 bridgehead atoms. The number of fused-ring (bicyclic) bond motifs is 1. The van der Waals surface area contributed by atoms with E-state index in [1.54, 1.807) is 7.11 Å². The molecule has 1 saturated carbocycles. The molecule has 0 radical (unpaired) electrons. The molecule has 236 valence electrons.